The number of nitrogens with zero attached hydrogens (tertiary/aromatic N) is 2. The number of hydrogen-bond donors (Lipinski definition) is 1. The number of para-hydroxylation sites is 1. The van der Waals surface area contributed by atoms with Gasteiger partial charge < -0.3 is 10.0 Å². The van der Waals surface area contributed by atoms with Gasteiger partial charge in [-0.25, -0.2) is 8.42 Å². The van der Waals surface area contributed by atoms with Crippen molar-refractivity contribution in [2.75, 3.05) is 18.0 Å². The number of fused-ring (bicyclic) bond motifs is 2. The highest BCUT2D eigenvalue weighted by molar-refractivity contribution is 7.89. The first-order chi connectivity index (χ1) is 14.9. The number of rotatable bonds is 3. The molecule has 1 amide bonds. The van der Waals surface area contributed by atoms with Crippen LogP contribution in [0.4, 0.5) is 5.69 Å². The van der Waals surface area contributed by atoms with Crippen molar-refractivity contribution in [3.8, 4) is 0 Å². The Balaban J connectivity index is 1.26. The number of aliphatic hydroxyl groups excluding tert-OH is 1. The van der Waals surface area contributed by atoms with E-state index < -0.39 is 16.1 Å². The predicted molar refractivity (Wildman–Crippen MR) is 116 cm³/mol. The SMILES string of the molecule is O=C(c1ccc(S(=O)(=O)N2C[C@@H]3C[C@H]4C[C@H]3[C@@H]2[C@H]4O)cc1)N1CCCc2ccccc21. The summed E-state index contributed by atoms with van der Waals surface area (Å²) in [7, 11) is -3.70. The van der Waals surface area contributed by atoms with Gasteiger partial charge in [-0.05, 0) is 79.3 Å². The largest absolute Gasteiger partial charge is 0.391 e. The van der Waals surface area contributed by atoms with Gasteiger partial charge in [0, 0.05) is 24.3 Å². The Bertz CT molecular complexity index is 1140. The Morgan fingerprint density at radius 2 is 1.77 bits per heavy atom. The van der Waals surface area contributed by atoms with Crippen LogP contribution in [0, 0.1) is 17.8 Å². The number of carbonyl (C=O) groups is 1. The summed E-state index contributed by atoms with van der Waals surface area (Å²) in [6, 6.07) is 14.0. The van der Waals surface area contributed by atoms with Crippen LogP contribution >= 0.6 is 0 Å². The molecule has 4 aliphatic rings. The zero-order chi connectivity index (χ0) is 21.3. The molecule has 2 aromatic rings. The van der Waals surface area contributed by atoms with Gasteiger partial charge in [-0.3, -0.25) is 4.79 Å². The number of anilines is 1. The molecular weight excluding hydrogens is 412 g/mol. The fraction of sp³-hybridized carbons (Fsp3) is 0.458. The van der Waals surface area contributed by atoms with Crippen LogP contribution in [0.1, 0.15) is 35.2 Å². The van der Waals surface area contributed by atoms with E-state index in [9.17, 15) is 18.3 Å². The number of sulfonamides is 1. The molecule has 2 aromatic carbocycles. The Labute approximate surface area is 182 Å². The van der Waals surface area contributed by atoms with E-state index in [2.05, 4.69) is 6.07 Å². The molecule has 0 unspecified atom stereocenters. The van der Waals surface area contributed by atoms with Crippen molar-refractivity contribution in [2.45, 2.75) is 42.7 Å². The summed E-state index contributed by atoms with van der Waals surface area (Å²) in [6.45, 7) is 1.16. The lowest BCUT2D eigenvalue weighted by Crippen LogP contribution is -2.43. The molecule has 31 heavy (non-hydrogen) atoms. The maximum atomic E-state index is 13.4. The first kappa shape index (κ1) is 19.5. The molecule has 6 nitrogen and oxygen atoms in total. The van der Waals surface area contributed by atoms with Gasteiger partial charge >= 0.3 is 0 Å². The van der Waals surface area contributed by atoms with Gasteiger partial charge in [-0.1, -0.05) is 18.2 Å². The van der Waals surface area contributed by atoms with Gasteiger partial charge in [0.25, 0.3) is 5.91 Å². The third kappa shape index (κ3) is 2.83. The summed E-state index contributed by atoms with van der Waals surface area (Å²) in [4.78, 5) is 15.1. The minimum absolute atomic E-state index is 0.107. The first-order valence-electron chi connectivity index (χ1n) is 11.1. The summed E-state index contributed by atoms with van der Waals surface area (Å²) >= 11 is 0. The summed E-state index contributed by atoms with van der Waals surface area (Å²) in [5, 5.41) is 10.6. The van der Waals surface area contributed by atoms with Crippen LogP contribution in [0.15, 0.2) is 53.4 Å². The zero-order valence-corrected chi connectivity index (χ0v) is 18.0. The summed E-state index contributed by atoms with van der Waals surface area (Å²) in [5.74, 6) is 0.792. The minimum atomic E-state index is -3.70. The second kappa shape index (κ2) is 6.89. The molecule has 2 aliphatic carbocycles. The van der Waals surface area contributed by atoms with E-state index in [1.807, 2.05) is 18.2 Å². The summed E-state index contributed by atoms with van der Waals surface area (Å²) < 4.78 is 28.2. The van der Waals surface area contributed by atoms with E-state index in [1.165, 1.54) is 22.0 Å². The summed E-state index contributed by atoms with van der Waals surface area (Å²) in [5.41, 5.74) is 2.59. The average molecular weight is 439 g/mol. The van der Waals surface area contributed by atoms with Gasteiger partial charge in [0.1, 0.15) is 0 Å². The predicted octanol–water partition coefficient (Wildman–Crippen LogP) is 2.67. The van der Waals surface area contributed by atoms with Gasteiger partial charge in [0.2, 0.25) is 10.0 Å². The molecule has 2 bridgehead atoms. The van der Waals surface area contributed by atoms with Crippen molar-refractivity contribution in [2.24, 2.45) is 17.8 Å². The third-order valence-corrected chi connectivity index (χ3v) is 9.75. The zero-order valence-electron chi connectivity index (χ0n) is 17.2. The monoisotopic (exact) mass is 438 g/mol. The van der Waals surface area contributed by atoms with E-state index in [-0.39, 0.29) is 28.7 Å². The molecule has 2 heterocycles. The van der Waals surface area contributed by atoms with Crippen LogP contribution in [-0.2, 0) is 16.4 Å². The Kier molecular flexibility index (Phi) is 4.32. The Morgan fingerprint density at radius 3 is 2.55 bits per heavy atom. The van der Waals surface area contributed by atoms with E-state index in [0.29, 0.717) is 24.6 Å². The highest BCUT2D eigenvalue weighted by Crippen LogP contribution is 2.56. The van der Waals surface area contributed by atoms with Gasteiger partial charge in [-0.15, -0.1) is 0 Å². The number of amides is 1. The smallest absolute Gasteiger partial charge is 0.258 e. The van der Waals surface area contributed by atoms with Crippen molar-refractivity contribution < 1.29 is 18.3 Å². The lowest BCUT2D eigenvalue weighted by Gasteiger charge is -2.30. The standard InChI is InChI=1S/C24H26N2O4S/c27-23-17-12-18-14-26(22(23)20(18)13-17)31(29,30)19-9-7-16(8-10-19)24(28)25-11-3-5-15-4-1-2-6-21(15)25/h1-2,4,6-10,17-18,20,22-23,27H,3,5,11-14H2/t17-,18-,20+,22+,23-/m0/s1. The molecule has 3 fully saturated rings. The van der Waals surface area contributed by atoms with Crippen LogP contribution in [0.3, 0.4) is 0 Å². The van der Waals surface area contributed by atoms with E-state index >= 15 is 0 Å². The molecule has 0 radical (unpaired) electrons. The Morgan fingerprint density at radius 1 is 1.00 bits per heavy atom. The van der Waals surface area contributed by atoms with Crippen LogP contribution in [-0.4, -0.2) is 49.0 Å². The molecule has 0 spiro atoms. The minimum Gasteiger partial charge on any atom is -0.391 e. The summed E-state index contributed by atoms with van der Waals surface area (Å²) in [6.07, 6.45) is 3.19. The molecule has 1 N–H and O–H groups in total. The maximum Gasteiger partial charge on any atom is 0.258 e. The van der Waals surface area contributed by atoms with Crippen molar-refractivity contribution in [1.29, 1.82) is 0 Å². The molecule has 7 heteroatoms. The van der Waals surface area contributed by atoms with Crippen molar-refractivity contribution in [3.63, 3.8) is 0 Å². The number of aliphatic hydroxyl groups is 1. The van der Waals surface area contributed by atoms with E-state index in [1.54, 1.807) is 17.0 Å². The van der Waals surface area contributed by atoms with Crippen molar-refractivity contribution in [3.05, 3.63) is 59.7 Å². The normalized spacial score (nSPS) is 31.8. The third-order valence-electron chi connectivity index (χ3n) is 7.87. The molecule has 2 aliphatic heterocycles. The quantitative estimate of drug-likeness (QED) is 0.799. The highest BCUT2D eigenvalue weighted by atomic mass is 32.2. The molecule has 5 atom stereocenters. The molecule has 162 valence electrons. The van der Waals surface area contributed by atoms with Gasteiger partial charge in [-0.2, -0.15) is 4.31 Å². The lowest BCUT2D eigenvalue weighted by molar-refractivity contribution is 0.0731. The molecule has 6 rings (SSSR count). The van der Waals surface area contributed by atoms with Crippen molar-refractivity contribution >= 4 is 21.6 Å². The molecule has 1 saturated heterocycles. The van der Waals surface area contributed by atoms with Crippen molar-refractivity contribution in [1.82, 2.24) is 4.31 Å². The maximum absolute atomic E-state index is 13.4. The van der Waals surface area contributed by atoms with E-state index in [4.69, 9.17) is 0 Å². The average Bonchev–Trinajstić information content (AvgIpc) is 3.42. The second-order valence-electron chi connectivity index (χ2n) is 9.42. The number of aryl methyl sites for hydroxylation is 1. The number of benzene rings is 2. The molecule has 0 aromatic heterocycles. The Hall–Kier alpha value is -2.22. The van der Waals surface area contributed by atoms with Crippen LogP contribution < -0.4 is 4.90 Å². The number of carbonyl (C=O) groups excluding carboxylic acids is 1. The molecular formula is C24H26N2O4S. The second-order valence-corrected chi connectivity index (χ2v) is 11.3. The van der Waals surface area contributed by atoms with Crippen LogP contribution in [0.2, 0.25) is 0 Å². The van der Waals surface area contributed by atoms with Gasteiger partial charge in [0.05, 0.1) is 17.0 Å². The fourth-order valence-corrected chi connectivity index (χ4v) is 8.18. The van der Waals surface area contributed by atoms with E-state index in [0.717, 1.165) is 31.4 Å². The first-order valence-corrected chi connectivity index (χ1v) is 12.6. The highest BCUT2D eigenvalue weighted by Gasteiger charge is 2.61. The fourth-order valence-electron chi connectivity index (χ4n) is 6.44. The molecule has 2 saturated carbocycles. The van der Waals surface area contributed by atoms with Gasteiger partial charge in [0.15, 0.2) is 0 Å². The number of hydrogen-bond acceptors (Lipinski definition) is 4. The van der Waals surface area contributed by atoms with Crippen LogP contribution in [0.5, 0.6) is 0 Å². The lowest BCUT2D eigenvalue weighted by atomic mass is 9.88. The topological polar surface area (TPSA) is 77.9 Å². The van der Waals surface area contributed by atoms with Crippen LogP contribution in [0.25, 0.3) is 0 Å².